The molecule has 0 atom stereocenters. The van der Waals surface area contributed by atoms with Crippen LogP contribution in [0, 0.1) is 0 Å². The average Bonchev–Trinajstić information content (AvgIpc) is 2.68. The third-order valence-corrected chi connectivity index (χ3v) is 2.07. The van der Waals surface area contributed by atoms with Gasteiger partial charge in [0.15, 0.2) is 0 Å². The Labute approximate surface area is 89.1 Å². The number of hydrogen-bond acceptors (Lipinski definition) is 3. The Balaban J connectivity index is 1.87. The van der Waals surface area contributed by atoms with Crippen molar-refractivity contribution in [3.05, 3.63) is 18.5 Å². The van der Waals surface area contributed by atoms with Gasteiger partial charge in [0.25, 0.3) is 0 Å². The zero-order valence-electron chi connectivity index (χ0n) is 8.72. The van der Waals surface area contributed by atoms with E-state index in [0.29, 0.717) is 0 Å². The fourth-order valence-electron chi connectivity index (χ4n) is 1.28. The van der Waals surface area contributed by atoms with Crippen molar-refractivity contribution in [2.75, 3.05) is 13.1 Å². The van der Waals surface area contributed by atoms with Crippen LogP contribution in [0.2, 0.25) is 0 Å². The normalized spacial score (nSPS) is 10.4. The first kappa shape index (κ1) is 11.7. The molecule has 0 saturated heterocycles. The third-order valence-electron chi connectivity index (χ3n) is 2.07. The summed E-state index contributed by atoms with van der Waals surface area (Å²) in [5, 5.41) is 15.7. The molecule has 0 fully saturated rings. The van der Waals surface area contributed by atoms with Crippen molar-refractivity contribution in [1.29, 1.82) is 0 Å². The van der Waals surface area contributed by atoms with Gasteiger partial charge in [0.05, 0.1) is 6.54 Å². The zero-order valence-corrected chi connectivity index (χ0v) is 8.72. The van der Waals surface area contributed by atoms with Crippen LogP contribution in [0.5, 0.6) is 0 Å². The highest BCUT2D eigenvalue weighted by atomic mass is 16.4. The van der Waals surface area contributed by atoms with E-state index in [1.807, 2.05) is 16.9 Å². The van der Waals surface area contributed by atoms with Crippen molar-refractivity contribution < 1.29 is 9.90 Å². The van der Waals surface area contributed by atoms with Crippen LogP contribution < -0.4 is 5.32 Å². The lowest BCUT2D eigenvalue weighted by atomic mass is 10.2. The minimum absolute atomic E-state index is 0.265. The van der Waals surface area contributed by atoms with Crippen molar-refractivity contribution in [1.82, 2.24) is 15.1 Å². The minimum Gasteiger partial charge on any atom is -0.481 e. The molecule has 0 aromatic carbocycles. The number of carboxylic acids is 1. The maximum atomic E-state index is 10.2. The van der Waals surface area contributed by atoms with Gasteiger partial charge in [0.1, 0.15) is 0 Å². The summed E-state index contributed by atoms with van der Waals surface area (Å²) in [5.41, 5.74) is 0. The predicted molar refractivity (Wildman–Crippen MR) is 56.6 cm³/mol. The quantitative estimate of drug-likeness (QED) is 0.622. The molecule has 15 heavy (non-hydrogen) atoms. The smallest absolute Gasteiger partial charge is 0.303 e. The maximum Gasteiger partial charge on any atom is 0.303 e. The van der Waals surface area contributed by atoms with Gasteiger partial charge >= 0.3 is 5.97 Å². The summed E-state index contributed by atoms with van der Waals surface area (Å²) >= 11 is 0. The maximum absolute atomic E-state index is 10.2. The lowest BCUT2D eigenvalue weighted by Crippen LogP contribution is -2.21. The number of hydrogen-bond donors (Lipinski definition) is 2. The molecule has 2 N–H and O–H groups in total. The summed E-state index contributed by atoms with van der Waals surface area (Å²) in [6.07, 6.45) is 5.59. The second kappa shape index (κ2) is 7.00. The van der Waals surface area contributed by atoms with E-state index >= 15 is 0 Å². The molecule has 0 bridgehead atoms. The topological polar surface area (TPSA) is 67.2 Å². The fraction of sp³-hybridized carbons (Fsp3) is 0.600. The Kier molecular flexibility index (Phi) is 5.47. The number of aliphatic carboxylic acids is 1. The molecule has 1 heterocycles. The van der Waals surface area contributed by atoms with E-state index in [1.165, 1.54) is 0 Å². The first-order chi connectivity index (χ1) is 7.29. The van der Waals surface area contributed by atoms with Crippen LogP contribution in [-0.2, 0) is 11.3 Å². The molecule has 0 radical (unpaired) electrons. The average molecular weight is 211 g/mol. The first-order valence-corrected chi connectivity index (χ1v) is 5.19. The molecule has 0 aliphatic heterocycles. The summed E-state index contributed by atoms with van der Waals surface area (Å²) in [7, 11) is 0. The molecule has 0 amide bonds. The Morgan fingerprint density at radius 3 is 2.93 bits per heavy atom. The number of rotatable bonds is 8. The Hall–Kier alpha value is -1.36. The lowest BCUT2D eigenvalue weighted by molar-refractivity contribution is -0.137. The second-order valence-electron chi connectivity index (χ2n) is 3.37. The van der Waals surface area contributed by atoms with Crippen LogP contribution in [0.25, 0.3) is 0 Å². The number of unbranched alkanes of at least 4 members (excludes halogenated alkanes) is 1. The standard InChI is InChI=1S/C10H17N3O2/c14-10(15)4-1-2-5-11-7-9-13-8-3-6-12-13/h3,6,8,11H,1-2,4-5,7,9H2,(H,14,15). The largest absolute Gasteiger partial charge is 0.481 e. The van der Waals surface area contributed by atoms with Gasteiger partial charge in [-0.2, -0.15) is 5.10 Å². The van der Waals surface area contributed by atoms with Crippen LogP contribution >= 0.6 is 0 Å². The molecule has 0 aliphatic carbocycles. The van der Waals surface area contributed by atoms with Crippen LogP contribution in [0.15, 0.2) is 18.5 Å². The number of nitrogens with zero attached hydrogens (tertiary/aromatic N) is 2. The van der Waals surface area contributed by atoms with Gasteiger partial charge in [0, 0.05) is 25.4 Å². The summed E-state index contributed by atoms with van der Waals surface area (Å²) < 4.78 is 1.87. The van der Waals surface area contributed by atoms with Gasteiger partial charge in [-0.15, -0.1) is 0 Å². The fourth-order valence-corrected chi connectivity index (χ4v) is 1.28. The molecule has 0 spiro atoms. The van der Waals surface area contributed by atoms with Crippen molar-refractivity contribution in [3.8, 4) is 0 Å². The Morgan fingerprint density at radius 1 is 1.40 bits per heavy atom. The molecule has 5 heteroatoms. The molecule has 0 saturated carbocycles. The van der Waals surface area contributed by atoms with E-state index in [1.54, 1.807) is 6.20 Å². The Bertz CT molecular complexity index is 272. The van der Waals surface area contributed by atoms with Gasteiger partial charge in [-0.1, -0.05) is 0 Å². The van der Waals surface area contributed by atoms with Crippen molar-refractivity contribution in [2.45, 2.75) is 25.8 Å². The molecule has 1 aromatic rings. The van der Waals surface area contributed by atoms with Gasteiger partial charge in [-0.3, -0.25) is 9.48 Å². The summed E-state index contributed by atoms with van der Waals surface area (Å²) in [5.74, 6) is -0.716. The molecule has 0 unspecified atom stereocenters. The molecule has 0 aliphatic rings. The summed E-state index contributed by atoms with van der Waals surface area (Å²) in [6.45, 7) is 2.59. The van der Waals surface area contributed by atoms with E-state index < -0.39 is 5.97 Å². The third kappa shape index (κ3) is 5.85. The van der Waals surface area contributed by atoms with Gasteiger partial charge < -0.3 is 10.4 Å². The molecule has 84 valence electrons. The SMILES string of the molecule is O=C(O)CCCCNCCn1cccn1. The van der Waals surface area contributed by atoms with Crippen molar-refractivity contribution >= 4 is 5.97 Å². The van der Waals surface area contributed by atoms with Gasteiger partial charge in [0.2, 0.25) is 0 Å². The zero-order chi connectivity index (χ0) is 10.9. The van der Waals surface area contributed by atoms with Crippen LogP contribution in [0.3, 0.4) is 0 Å². The molecular weight excluding hydrogens is 194 g/mol. The van der Waals surface area contributed by atoms with E-state index in [2.05, 4.69) is 10.4 Å². The molecule has 1 aromatic heterocycles. The van der Waals surface area contributed by atoms with E-state index in [9.17, 15) is 4.79 Å². The first-order valence-electron chi connectivity index (χ1n) is 5.19. The van der Waals surface area contributed by atoms with E-state index in [0.717, 1.165) is 32.5 Å². The van der Waals surface area contributed by atoms with Gasteiger partial charge in [-0.05, 0) is 25.5 Å². The lowest BCUT2D eigenvalue weighted by Gasteiger charge is -2.04. The van der Waals surface area contributed by atoms with E-state index in [-0.39, 0.29) is 6.42 Å². The van der Waals surface area contributed by atoms with Crippen LogP contribution in [0.1, 0.15) is 19.3 Å². The van der Waals surface area contributed by atoms with Crippen molar-refractivity contribution in [3.63, 3.8) is 0 Å². The Morgan fingerprint density at radius 2 is 2.27 bits per heavy atom. The minimum atomic E-state index is -0.716. The van der Waals surface area contributed by atoms with Crippen LogP contribution in [0.4, 0.5) is 0 Å². The summed E-state index contributed by atoms with van der Waals surface area (Å²) in [6, 6.07) is 1.90. The van der Waals surface area contributed by atoms with Gasteiger partial charge in [-0.25, -0.2) is 0 Å². The number of carbonyl (C=O) groups is 1. The molecule has 5 nitrogen and oxygen atoms in total. The van der Waals surface area contributed by atoms with Crippen molar-refractivity contribution in [2.24, 2.45) is 0 Å². The van der Waals surface area contributed by atoms with Crippen LogP contribution in [-0.4, -0.2) is 33.9 Å². The number of nitrogens with one attached hydrogen (secondary N) is 1. The summed E-state index contributed by atoms with van der Waals surface area (Å²) in [4.78, 5) is 10.2. The number of carboxylic acid groups (broad SMARTS) is 1. The molecule has 1 rings (SSSR count). The monoisotopic (exact) mass is 211 g/mol. The number of aromatic nitrogens is 2. The molecular formula is C10H17N3O2. The highest BCUT2D eigenvalue weighted by Crippen LogP contribution is 1.93. The highest BCUT2D eigenvalue weighted by Gasteiger charge is 1.95. The van der Waals surface area contributed by atoms with E-state index in [4.69, 9.17) is 5.11 Å². The predicted octanol–water partition coefficient (Wildman–Crippen LogP) is 0.728. The highest BCUT2D eigenvalue weighted by molar-refractivity contribution is 5.66. The second-order valence-corrected chi connectivity index (χ2v) is 3.37.